The number of aryl methyl sites for hydroxylation is 2. The monoisotopic (exact) mass is 1020 g/mol. The predicted octanol–water partition coefficient (Wildman–Crippen LogP) is 12.8. The van der Waals surface area contributed by atoms with Crippen LogP contribution in [0.3, 0.4) is 0 Å². The molecule has 0 saturated heterocycles. The number of azo groups is 2. The number of carbonyl (C=O) groups is 6. The Hall–Kier alpha value is -6.74. The van der Waals surface area contributed by atoms with Crippen molar-refractivity contribution in [2.24, 2.45) is 20.5 Å². The highest BCUT2D eigenvalue weighted by Crippen LogP contribution is 2.37. The van der Waals surface area contributed by atoms with E-state index in [1.807, 2.05) is 0 Å². The number of anilines is 4. The molecule has 354 valence electrons. The molecular weight excluding hydrogens is 992 g/mol. The van der Waals surface area contributed by atoms with Crippen LogP contribution in [0, 0.1) is 13.8 Å². The number of alkyl halides is 6. The molecule has 0 radical (unpaired) electrons. The number of benzene rings is 5. The average molecular weight is 1020 g/mol. The number of halogens is 10. The van der Waals surface area contributed by atoms with Crippen LogP contribution < -0.4 is 21.3 Å². The molecule has 0 aliphatic heterocycles. The van der Waals surface area contributed by atoms with Crippen molar-refractivity contribution in [3.8, 4) is 0 Å². The molecule has 5 aromatic carbocycles. The summed E-state index contributed by atoms with van der Waals surface area (Å²) in [7, 11) is 0. The summed E-state index contributed by atoms with van der Waals surface area (Å²) in [6, 6.07) is 12.0. The van der Waals surface area contributed by atoms with Crippen LogP contribution in [0.1, 0.15) is 56.8 Å². The van der Waals surface area contributed by atoms with Crippen LogP contribution in [0.5, 0.6) is 0 Å². The summed E-state index contributed by atoms with van der Waals surface area (Å²) in [6.07, 6.45) is -9.34. The van der Waals surface area contributed by atoms with Crippen LogP contribution in [0.2, 0.25) is 20.1 Å². The fraction of sp³-hybridized carbons (Fsp3) is 0.182. The zero-order chi connectivity index (χ0) is 50.4. The van der Waals surface area contributed by atoms with Crippen molar-refractivity contribution in [2.45, 2.75) is 52.1 Å². The number of ketones is 2. The SMILES string of the molecule is CC(=O)C(N=Nc1cccc(C(=O)Nc2ccc(C(F)(F)F)cc2Cl)c1Cl)C(=O)Nc1cc(C)c(NC(=O)C(N=Nc2cccc(C(=O)Nc3ccc(C(F)(F)F)cc3Cl)c2Cl)C(C)=O)c(C)c1. The van der Waals surface area contributed by atoms with Gasteiger partial charge in [0, 0.05) is 11.4 Å². The van der Waals surface area contributed by atoms with E-state index in [0.717, 1.165) is 38.1 Å². The summed E-state index contributed by atoms with van der Waals surface area (Å²) in [6.45, 7) is 5.28. The van der Waals surface area contributed by atoms with E-state index in [-0.39, 0.29) is 55.3 Å². The molecule has 2 unspecified atom stereocenters. The lowest BCUT2D eigenvalue weighted by Gasteiger charge is -2.17. The standard InChI is InChI=1S/C44H32Cl4F6N8O6/c1-19-15-25(55-41(67)37(21(3)63)61-59-32-9-5-7-26(34(32)47)39(65)56-30-13-11-23(17-28(30)45)43(49,50)51)16-20(2)36(19)58-42(68)38(22(4)64)62-60-33-10-6-8-27(35(33)48)40(66)57-31-14-12-24(18-29(31)46)44(52,53)54/h5-18,37-38H,1-4H3,(H,55,67)(H,56,65)(H,57,66)(H,58,68). The van der Waals surface area contributed by atoms with E-state index >= 15 is 0 Å². The lowest BCUT2D eigenvalue weighted by molar-refractivity contribution is -0.138. The van der Waals surface area contributed by atoms with Crippen LogP contribution in [-0.4, -0.2) is 47.3 Å². The van der Waals surface area contributed by atoms with Gasteiger partial charge in [-0.25, -0.2) is 0 Å². The second-order valence-electron chi connectivity index (χ2n) is 14.5. The summed E-state index contributed by atoms with van der Waals surface area (Å²) in [5.74, 6) is -5.07. The van der Waals surface area contributed by atoms with E-state index in [1.54, 1.807) is 13.8 Å². The van der Waals surface area contributed by atoms with Crippen molar-refractivity contribution >= 4 is 116 Å². The van der Waals surface area contributed by atoms with Crippen LogP contribution in [0.25, 0.3) is 0 Å². The maximum Gasteiger partial charge on any atom is 0.416 e. The lowest BCUT2D eigenvalue weighted by atomic mass is 10.1. The van der Waals surface area contributed by atoms with Gasteiger partial charge in [0.2, 0.25) is 12.1 Å². The number of nitrogens with one attached hydrogen (secondary N) is 4. The molecule has 0 heterocycles. The lowest BCUT2D eigenvalue weighted by Crippen LogP contribution is -2.33. The number of rotatable bonds is 14. The number of hydrogen-bond acceptors (Lipinski definition) is 10. The minimum Gasteiger partial charge on any atom is -0.324 e. The van der Waals surface area contributed by atoms with E-state index in [4.69, 9.17) is 46.4 Å². The Kier molecular flexibility index (Phi) is 16.5. The second-order valence-corrected chi connectivity index (χ2v) is 16.1. The molecule has 4 N–H and O–H groups in total. The number of carbonyl (C=O) groups excluding carboxylic acids is 6. The molecule has 4 amide bonds. The Morgan fingerprint density at radius 1 is 0.529 bits per heavy atom. The van der Waals surface area contributed by atoms with E-state index in [1.165, 1.54) is 48.5 Å². The highest BCUT2D eigenvalue weighted by Gasteiger charge is 2.33. The van der Waals surface area contributed by atoms with E-state index < -0.39 is 80.8 Å². The topological polar surface area (TPSA) is 200 Å². The third-order valence-corrected chi connectivity index (χ3v) is 10.8. The van der Waals surface area contributed by atoms with Gasteiger partial charge in [-0.1, -0.05) is 58.5 Å². The Bertz CT molecular complexity index is 2910. The summed E-state index contributed by atoms with van der Waals surface area (Å²) in [5, 5.41) is 24.1. The molecule has 0 aliphatic carbocycles. The molecule has 68 heavy (non-hydrogen) atoms. The van der Waals surface area contributed by atoms with Gasteiger partial charge < -0.3 is 21.3 Å². The van der Waals surface area contributed by atoms with Gasteiger partial charge in [0.15, 0.2) is 11.6 Å². The van der Waals surface area contributed by atoms with Gasteiger partial charge >= 0.3 is 12.4 Å². The van der Waals surface area contributed by atoms with Crippen molar-refractivity contribution in [3.63, 3.8) is 0 Å². The Morgan fingerprint density at radius 2 is 0.912 bits per heavy atom. The molecule has 0 aliphatic rings. The summed E-state index contributed by atoms with van der Waals surface area (Å²) in [4.78, 5) is 78.0. The first-order chi connectivity index (χ1) is 31.8. The van der Waals surface area contributed by atoms with Gasteiger partial charge in [0.25, 0.3) is 23.6 Å². The molecular formula is C44H32Cl4F6N8O6. The molecule has 0 saturated carbocycles. The summed E-state index contributed by atoms with van der Waals surface area (Å²) >= 11 is 24.7. The molecule has 0 aromatic heterocycles. The quantitative estimate of drug-likeness (QED) is 0.0484. The third-order valence-electron chi connectivity index (χ3n) is 9.41. The Balaban J connectivity index is 1.26. The normalized spacial score (nSPS) is 12.7. The first-order valence-electron chi connectivity index (χ1n) is 19.3. The number of amides is 4. The van der Waals surface area contributed by atoms with Crippen molar-refractivity contribution in [3.05, 3.63) is 138 Å². The van der Waals surface area contributed by atoms with Gasteiger partial charge in [-0.15, -0.1) is 0 Å². The second kappa shape index (κ2) is 21.5. The van der Waals surface area contributed by atoms with Gasteiger partial charge in [-0.3, -0.25) is 28.8 Å². The predicted molar refractivity (Wildman–Crippen MR) is 243 cm³/mol. The van der Waals surface area contributed by atoms with Crippen molar-refractivity contribution in [1.29, 1.82) is 0 Å². The number of Topliss-reactive ketones (excluding diaryl/α,β-unsaturated/α-hetero) is 2. The van der Waals surface area contributed by atoms with Gasteiger partial charge in [-0.2, -0.15) is 46.8 Å². The highest BCUT2D eigenvalue weighted by molar-refractivity contribution is 6.38. The zero-order valence-corrected chi connectivity index (χ0v) is 38.3. The third kappa shape index (κ3) is 12.8. The van der Waals surface area contributed by atoms with Crippen LogP contribution in [-0.2, 0) is 31.5 Å². The number of hydrogen-bond donors (Lipinski definition) is 4. The maximum atomic E-state index is 13.4. The minimum atomic E-state index is -4.67. The fourth-order valence-electron chi connectivity index (χ4n) is 6.02. The van der Waals surface area contributed by atoms with Crippen LogP contribution >= 0.6 is 46.4 Å². The molecule has 24 heteroatoms. The van der Waals surface area contributed by atoms with Gasteiger partial charge in [0.1, 0.15) is 11.4 Å². The highest BCUT2D eigenvalue weighted by atomic mass is 35.5. The van der Waals surface area contributed by atoms with E-state index in [9.17, 15) is 55.1 Å². The smallest absolute Gasteiger partial charge is 0.324 e. The minimum absolute atomic E-state index is 0.141. The Labute approximate surface area is 401 Å². The number of nitrogens with zero attached hydrogens (tertiary/aromatic N) is 4. The van der Waals surface area contributed by atoms with Crippen LogP contribution in [0.4, 0.5) is 60.5 Å². The largest absolute Gasteiger partial charge is 0.416 e. The van der Waals surface area contributed by atoms with E-state index in [2.05, 4.69) is 41.7 Å². The molecule has 5 rings (SSSR count). The molecule has 14 nitrogen and oxygen atoms in total. The van der Waals surface area contributed by atoms with Crippen LogP contribution in [0.15, 0.2) is 105 Å². The fourth-order valence-corrected chi connectivity index (χ4v) is 6.98. The van der Waals surface area contributed by atoms with Crippen molar-refractivity contribution < 1.29 is 55.1 Å². The van der Waals surface area contributed by atoms with E-state index in [0.29, 0.717) is 23.3 Å². The van der Waals surface area contributed by atoms with Crippen molar-refractivity contribution in [2.75, 3.05) is 21.3 Å². The molecule has 2 atom stereocenters. The molecule has 0 bridgehead atoms. The summed E-state index contributed by atoms with van der Waals surface area (Å²) in [5.41, 5.74) is -1.88. The van der Waals surface area contributed by atoms with Crippen molar-refractivity contribution in [1.82, 2.24) is 0 Å². The first-order valence-corrected chi connectivity index (χ1v) is 20.8. The Morgan fingerprint density at radius 3 is 1.26 bits per heavy atom. The average Bonchev–Trinajstić information content (AvgIpc) is 3.23. The maximum absolute atomic E-state index is 13.4. The molecule has 5 aromatic rings. The first kappa shape index (κ1) is 52.2. The zero-order valence-electron chi connectivity index (χ0n) is 35.3. The van der Waals surface area contributed by atoms with Gasteiger partial charge in [-0.05, 0) is 112 Å². The van der Waals surface area contributed by atoms with Gasteiger partial charge in [0.05, 0.1) is 53.7 Å². The molecule has 0 spiro atoms. The molecule has 0 fully saturated rings. The summed E-state index contributed by atoms with van der Waals surface area (Å²) < 4.78 is 78.4.